The lowest BCUT2D eigenvalue weighted by Crippen LogP contribution is -2.40. The summed E-state index contributed by atoms with van der Waals surface area (Å²) in [5.41, 5.74) is 1.18. The Hall–Kier alpha value is -2.46. The van der Waals surface area contributed by atoms with Crippen molar-refractivity contribution in [2.75, 3.05) is 38.2 Å². The molecule has 0 radical (unpaired) electrons. The molecule has 1 aliphatic heterocycles. The van der Waals surface area contributed by atoms with Crippen LogP contribution in [0.5, 0.6) is 5.75 Å². The summed E-state index contributed by atoms with van der Waals surface area (Å²) in [5, 5.41) is 3.02. The van der Waals surface area contributed by atoms with Crippen molar-refractivity contribution >= 4 is 39.0 Å². The highest BCUT2D eigenvalue weighted by Crippen LogP contribution is 2.25. The number of anilines is 1. The third kappa shape index (κ3) is 5.62. The molecule has 1 aliphatic rings. The topological polar surface area (TPSA) is 102 Å². The van der Waals surface area contributed by atoms with Gasteiger partial charge in [0.25, 0.3) is 5.91 Å². The van der Waals surface area contributed by atoms with Crippen LogP contribution in [0.4, 0.5) is 5.69 Å². The second-order valence-corrected chi connectivity index (χ2v) is 9.37. The number of morpholine rings is 1. The number of Topliss-reactive ketones (excluding diaryl/α,β-unsaturated/α-hetero) is 1. The summed E-state index contributed by atoms with van der Waals surface area (Å²) in [5.74, 6) is -0.496. The molecule has 10 heteroatoms. The first-order valence-corrected chi connectivity index (χ1v) is 11.4. The lowest BCUT2D eigenvalue weighted by Gasteiger charge is -2.26. The number of hydrogen-bond acceptors (Lipinski definition) is 6. The molecule has 0 aromatic heterocycles. The van der Waals surface area contributed by atoms with Gasteiger partial charge >= 0.3 is 0 Å². The summed E-state index contributed by atoms with van der Waals surface area (Å²) in [6, 6.07) is 9.24. The van der Waals surface area contributed by atoms with Gasteiger partial charge in [-0.05, 0) is 49.7 Å². The summed E-state index contributed by atoms with van der Waals surface area (Å²) >= 11 is 5.90. The molecule has 3 rings (SSSR count). The molecule has 1 saturated heterocycles. The average molecular weight is 467 g/mol. The predicted molar refractivity (Wildman–Crippen MR) is 116 cm³/mol. The van der Waals surface area contributed by atoms with Gasteiger partial charge in [-0.1, -0.05) is 17.7 Å². The quantitative estimate of drug-likeness (QED) is 0.629. The van der Waals surface area contributed by atoms with Crippen LogP contribution < -0.4 is 10.1 Å². The first-order chi connectivity index (χ1) is 14.7. The maximum Gasteiger partial charge on any atom is 0.262 e. The van der Waals surface area contributed by atoms with Crippen molar-refractivity contribution in [2.24, 2.45) is 0 Å². The van der Waals surface area contributed by atoms with E-state index < -0.39 is 15.9 Å². The van der Waals surface area contributed by atoms with E-state index in [4.69, 9.17) is 21.1 Å². The number of aryl methyl sites for hydroxylation is 1. The fraction of sp³-hybridized carbons (Fsp3) is 0.333. The summed E-state index contributed by atoms with van der Waals surface area (Å²) in [6.45, 7) is 3.98. The lowest BCUT2D eigenvalue weighted by molar-refractivity contribution is -0.118. The number of ether oxygens (including phenoxy) is 2. The van der Waals surface area contributed by atoms with E-state index in [0.717, 1.165) is 0 Å². The zero-order chi connectivity index (χ0) is 22.6. The van der Waals surface area contributed by atoms with E-state index in [1.165, 1.54) is 29.4 Å². The Morgan fingerprint density at radius 3 is 2.55 bits per heavy atom. The molecule has 1 heterocycles. The van der Waals surface area contributed by atoms with Crippen LogP contribution in [0.2, 0.25) is 5.02 Å². The molecule has 1 N–H and O–H groups in total. The van der Waals surface area contributed by atoms with Crippen molar-refractivity contribution in [1.29, 1.82) is 0 Å². The van der Waals surface area contributed by atoms with Gasteiger partial charge in [-0.2, -0.15) is 4.31 Å². The molecule has 31 heavy (non-hydrogen) atoms. The molecule has 2 aromatic carbocycles. The number of amides is 1. The van der Waals surface area contributed by atoms with Crippen molar-refractivity contribution in [3.05, 3.63) is 52.5 Å². The number of benzene rings is 2. The highest BCUT2D eigenvalue weighted by atomic mass is 35.5. The number of carbonyl (C=O) groups is 2. The van der Waals surface area contributed by atoms with Crippen LogP contribution in [-0.4, -0.2) is 57.3 Å². The number of ketones is 1. The fourth-order valence-corrected chi connectivity index (χ4v) is 4.96. The van der Waals surface area contributed by atoms with Crippen molar-refractivity contribution in [3.8, 4) is 5.75 Å². The Bertz CT molecular complexity index is 1100. The van der Waals surface area contributed by atoms with E-state index in [9.17, 15) is 18.0 Å². The second-order valence-electron chi connectivity index (χ2n) is 7.03. The van der Waals surface area contributed by atoms with Crippen LogP contribution in [-0.2, 0) is 19.6 Å². The van der Waals surface area contributed by atoms with Crippen molar-refractivity contribution < 1.29 is 27.5 Å². The molecule has 1 fully saturated rings. The largest absolute Gasteiger partial charge is 0.483 e. The van der Waals surface area contributed by atoms with Crippen LogP contribution in [0, 0.1) is 6.92 Å². The number of sulfonamides is 1. The molecule has 0 aliphatic carbocycles. The minimum Gasteiger partial charge on any atom is -0.483 e. The average Bonchev–Trinajstić information content (AvgIpc) is 2.74. The number of carbonyl (C=O) groups excluding carboxylic acids is 2. The number of nitrogens with one attached hydrogen (secondary N) is 1. The molecule has 1 amide bonds. The van der Waals surface area contributed by atoms with Gasteiger partial charge in [-0.25, -0.2) is 8.42 Å². The Morgan fingerprint density at radius 2 is 1.87 bits per heavy atom. The van der Waals surface area contributed by atoms with Gasteiger partial charge in [0.1, 0.15) is 5.75 Å². The monoisotopic (exact) mass is 466 g/mol. The Balaban J connectivity index is 1.71. The number of rotatable bonds is 7. The van der Waals surface area contributed by atoms with Crippen molar-refractivity contribution in [1.82, 2.24) is 4.31 Å². The van der Waals surface area contributed by atoms with E-state index in [1.807, 2.05) is 0 Å². The van der Waals surface area contributed by atoms with Crippen molar-refractivity contribution in [2.45, 2.75) is 18.7 Å². The van der Waals surface area contributed by atoms with Crippen LogP contribution in [0.25, 0.3) is 0 Å². The molecule has 0 unspecified atom stereocenters. The third-order valence-electron chi connectivity index (χ3n) is 4.74. The molecule has 0 atom stereocenters. The van der Waals surface area contributed by atoms with Crippen LogP contribution in [0.15, 0.2) is 41.3 Å². The zero-order valence-electron chi connectivity index (χ0n) is 17.2. The summed E-state index contributed by atoms with van der Waals surface area (Å²) < 4.78 is 38.0. The molecular formula is C21H23ClN2O6S. The summed E-state index contributed by atoms with van der Waals surface area (Å²) in [4.78, 5) is 24.2. The maximum atomic E-state index is 13.0. The first-order valence-electron chi connectivity index (χ1n) is 9.60. The zero-order valence-corrected chi connectivity index (χ0v) is 18.8. The van der Waals surface area contributed by atoms with Gasteiger partial charge < -0.3 is 14.8 Å². The van der Waals surface area contributed by atoms with E-state index in [1.54, 1.807) is 25.1 Å². The van der Waals surface area contributed by atoms with Crippen LogP contribution in [0.1, 0.15) is 22.8 Å². The van der Waals surface area contributed by atoms with Gasteiger partial charge in [0.05, 0.1) is 23.7 Å². The Kier molecular flexibility index (Phi) is 7.32. The molecule has 8 nitrogen and oxygen atoms in total. The summed E-state index contributed by atoms with van der Waals surface area (Å²) in [6.07, 6.45) is 0. The second kappa shape index (κ2) is 9.78. The van der Waals surface area contributed by atoms with Gasteiger partial charge in [0.2, 0.25) is 10.0 Å². The van der Waals surface area contributed by atoms with Gasteiger partial charge in [-0.3, -0.25) is 9.59 Å². The lowest BCUT2D eigenvalue weighted by atomic mass is 10.1. The smallest absolute Gasteiger partial charge is 0.262 e. The number of nitrogens with zero attached hydrogens (tertiary/aromatic N) is 1. The van der Waals surface area contributed by atoms with Crippen LogP contribution >= 0.6 is 11.6 Å². The Morgan fingerprint density at radius 1 is 1.16 bits per heavy atom. The number of hydrogen-bond donors (Lipinski definition) is 1. The third-order valence-corrected chi connectivity index (χ3v) is 7.02. The van der Waals surface area contributed by atoms with E-state index >= 15 is 0 Å². The minimum absolute atomic E-state index is 0.129. The highest BCUT2D eigenvalue weighted by molar-refractivity contribution is 7.89. The minimum atomic E-state index is -3.70. The number of halogens is 1. The molecular weight excluding hydrogens is 444 g/mol. The molecule has 0 spiro atoms. The first kappa shape index (κ1) is 23.2. The van der Waals surface area contributed by atoms with Gasteiger partial charge in [0, 0.05) is 23.8 Å². The fourth-order valence-electron chi connectivity index (χ4n) is 3.13. The van der Waals surface area contributed by atoms with Crippen molar-refractivity contribution in [3.63, 3.8) is 0 Å². The van der Waals surface area contributed by atoms with E-state index in [0.29, 0.717) is 29.5 Å². The molecule has 0 bridgehead atoms. The molecule has 0 saturated carbocycles. The SMILES string of the molecule is CC(=O)c1cc(Cl)ccc1OCC(=O)Nc1ccc(C)c(S(=O)(=O)N2CCOCC2)c1. The van der Waals surface area contributed by atoms with E-state index in [-0.39, 0.29) is 41.7 Å². The maximum absolute atomic E-state index is 13.0. The van der Waals surface area contributed by atoms with Gasteiger partial charge in [-0.15, -0.1) is 0 Å². The summed E-state index contributed by atoms with van der Waals surface area (Å²) in [7, 11) is -3.70. The van der Waals surface area contributed by atoms with E-state index in [2.05, 4.69) is 5.32 Å². The van der Waals surface area contributed by atoms with Gasteiger partial charge in [0.15, 0.2) is 12.4 Å². The predicted octanol–water partition coefficient (Wildman–Crippen LogP) is 2.89. The molecule has 2 aromatic rings. The standard InChI is InChI=1S/C21H23ClN2O6S/c1-14-3-5-17(12-20(14)31(27,28)24-7-9-29-10-8-24)23-21(26)13-30-19-6-4-16(22)11-18(19)15(2)25/h3-6,11-12H,7-10,13H2,1-2H3,(H,23,26). The molecule has 166 valence electrons. The normalized spacial score (nSPS) is 14.8. The Labute approximate surface area is 186 Å². The van der Waals surface area contributed by atoms with Crippen LogP contribution in [0.3, 0.4) is 0 Å². The highest BCUT2D eigenvalue weighted by Gasteiger charge is 2.28.